The number of rotatable bonds is 15. The maximum atomic E-state index is 14.5. The lowest BCUT2D eigenvalue weighted by Gasteiger charge is -2.49. The van der Waals surface area contributed by atoms with Crippen LogP contribution in [0.1, 0.15) is 46.5 Å². The zero-order chi connectivity index (χ0) is 44.9. The Morgan fingerprint density at radius 2 is 1.35 bits per heavy atom. The average molecular weight is 904 g/mol. The Morgan fingerprint density at radius 3 is 1.86 bits per heavy atom. The number of thioether (sulfide) groups is 1. The summed E-state index contributed by atoms with van der Waals surface area (Å²) in [6.45, 7) is 1.59. The number of fused-ring (bicyclic) bond motifs is 1. The van der Waals surface area contributed by atoms with Crippen LogP contribution < -0.4 is 10.6 Å². The summed E-state index contributed by atoms with van der Waals surface area (Å²) < 4.78 is 17.7. The van der Waals surface area contributed by atoms with Gasteiger partial charge in [0.2, 0.25) is 0 Å². The number of β-lactam (4-membered cyclic amide) rings is 1. The zero-order valence-electron chi connectivity index (χ0n) is 35.0. The molecular formula is C50H41N5O8S2. The van der Waals surface area contributed by atoms with Crippen molar-refractivity contribution in [2.24, 2.45) is 5.16 Å². The van der Waals surface area contributed by atoms with Gasteiger partial charge in [-0.05, 0) is 34.7 Å². The Labute approximate surface area is 382 Å². The second-order valence-electron chi connectivity index (χ2n) is 15.1. The number of oxime groups is 1. The van der Waals surface area contributed by atoms with Crippen molar-refractivity contribution in [1.29, 1.82) is 0 Å². The summed E-state index contributed by atoms with van der Waals surface area (Å²) in [7, 11) is 1.32. The first-order valence-electron chi connectivity index (χ1n) is 20.6. The largest absolute Gasteiger partial charge is 0.452 e. The van der Waals surface area contributed by atoms with E-state index in [0.29, 0.717) is 21.8 Å². The number of ether oxygens (including phenoxy) is 3. The van der Waals surface area contributed by atoms with E-state index in [4.69, 9.17) is 24.0 Å². The molecule has 15 heteroatoms. The average Bonchev–Trinajstić information content (AvgIpc) is 3.95. The molecule has 3 aliphatic rings. The van der Waals surface area contributed by atoms with Crippen molar-refractivity contribution in [2.75, 3.05) is 18.2 Å². The Bertz CT molecular complexity index is 2670. The second-order valence-corrected chi connectivity index (χ2v) is 17.1. The lowest BCUT2D eigenvalue weighted by atomic mass is 9.77. The van der Waals surface area contributed by atoms with E-state index in [9.17, 15) is 19.2 Å². The van der Waals surface area contributed by atoms with E-state index >= 15 is 0 Å². The second kappa shape index (κ2) is 18.7. The Morgan fingerprint density at radius 1 is 0.815 bits per heavy atom. The molecule has 2 N–H and O–H groups in total. The molecule has 3 aliphatic heterocycles. The number of hydrogen-bond acceptors (Lipinski definition) is 13. The zero-order valence-corrected chi connectivity index (χ0v) is 36.7. The van der Waals surface area contributed by atoms with Crippen molar-refractivity contribution in [3.8, 4) is 0 Å². The maximum Gasteiger partial charge on any atom is 0.359 e. The summed E-state index contributed by atoms with van der Waals surface area (Å²) in [4.78, 5) is 66.4. The van der Waals surface area contributed by atoms with E-state index < -0.39 is 53.1 Å². The molecule has 1 saturated heterocycles. The molecular weight excluding hydrogens is 863 g/mol. The summed E-state index contributed by atoms with van der Waals surface area (Å²) >= 11 is 2.54. The number of cyclic esters (lactones) is 1. The van der Waals surface area contributed by atoms with Crippen LogP contribution in [0.15, 0.2) is 185 Å². The van der Waals surface area contributed by atoms with E-state index in [1.54, 1.807) is 12.3 Å². The van der Waals surface area contributed by atoms with Gasteiger partial charge in [0.25, 0.3) is 18.1 Å². The molecule has 65 heavy (non-hydrogen) atoms. The molecule has 0 saturated carbocycles. The molecule has 0 radical (unpaired) electrons. The van der Waals surface area contributed by atoms with Gasteiger partial charge in [0.15, 0.2) is 22.6 Å². The number of anilines is 1. The molecule has 1 aromatic heterocycles. The topological polar surface area (TPSA) is 158 Å². The fourth-order valence-electron chi connectivity index (χ4n) is 8.01. The number of carbonyl (C=O) groups excluding carboxylic acids is 4. The predicted octanol–water partition coefficient (Wildman–Crippen LogP) is 7.69. The summed E-state index contributed by atoms with van der Waals surface area (Å²) in [5.41, 5.74) is 3.66. The molecule has 0 aliphatic carbocycles. The maximum absolute atomic E-state index is 14.5. The smallest absolute Gasteiger partial charge is 0.359 e. The third kappa shape index (κ3) is 8.50. The number of hydrogen-bond donors (Lipinski definition) is 2. The summed E-state index contributed by atoms with van der Waals surface area (Å²) in [5, 5.41) is 12.1. The van der Waals surface area contributed by atoms with Crippen molar-refractivity contribution < 1.29 is 38.2 Å². The molecule has 3 atom stereocenters. The van der Waals surface area contributed by atoms with Crippen LogP contribution in [0.5, 0.6) is 0 Å². The van der Waals surface area contributed by atoms with Crippen LogP contribution in [0.25, 0.3) is 0 Å². The van der Waals surface area contributed by atoms with Gasteiger partial charge >= 0.3 is 11.9 Å². The molecule has 1 fully saturated rings. The highest BCUT2D eigenvalue weighted by atomic mass is 32.2. The van der Waals surface area contributed by atoms with Crippen LogP contribution in [0, 0.1) is 0 Å². The highest BCUT2D eigenvalue weighted by molar-refractivity contribution is 8.00. The molecule has 0 spiro atoms. The molecule has 13 nitrogen and oxygen atoms in total. The first-order chi connectivity index (χ1) is 31.7. The SMILES string of the molecule is CO/N=C(\C(=O)N[C@@H]1C(=O)N2C(C(=O)OC(c3ccccc3)c3ccccc3)=C(OC3C=C(C)C(=O)O3)CS[C@H]12)c1csc(NC(c2ccccc2)(c2ccccc2)c2ccccc2)n1. The highest BCUT2D eigenvalue weighted by Gasteiger charge is 2.56. The highest BCUT2D eigenvalue weighted by Crippen LogP contribution is 2.44. The van der Waals surface area contributed by atoms with Crippen molar-refractivity contribution in [3.63, 3.8) is 0 Å². The number of carbonyl (C=O) groups is 4. The predicted molar refractivity (Wildman–Crippen MR) is 246 cm³/mol. The Balaban J connectivity index is 0.987. The van der Waals surface area contributed by atoms with Crippen LogP contribution in [-0.4, -0.2) is 69.9 Å². The third-order valence-electron chi connectivity index (χ3n) is 11.1. The van der Waals surface area contributed by atoms with Crippen LogP contribution in [0.2, 0.25) is 0 Å². The van der Waals surface area contributed by atoms with Gasteiger partial charge in [0.1, 0.15) is 35.5 Å². The summed E-state index contributed by atoms with van der Waals surface area (Å²) in [6.07, 6.45) is -0.464. The number of benzene rings is 5. The van der Waals surface area contributed by atoms with Gasteiger partial charge in [0, 0.05) is 17.0 Å². The standard InChI is InChI=1S/C50H41N5O8S2/c1-31-28-39(62-47(31)58)61-38-30-64-46-41(45(57)55(46)42(38)48(59)63-43(32-18-8-3-9-19-32)33-20-10-4-11-21-33)52-44(56)40(54-60-2)37-29-65-49(51-37)53-50(34-22-12-5-13-23-34,35-24-14-6-15-25-35)36-26-16-7-17-27-36/h3-29,39,41,43,46H,30H2,1-2H3,(H,51,53)(H,52,56)/b54-40-/t39?,41-,46-/m1/s1. The number of esters is 2. The van der Waals surface area contributed by atoms with Crippen LogP contribution >= 0.6 is 23.1 Å². The van der Waals surface area contributed by atoms with Crippen LogP contribution in [-0.2, 0) is 43.8 Å². The fraction of sp³-hybridized carbons (Fsp3) is 0.160. The van der Waals surface area contributed by atoms with Crippen molar-refractivity contribution in [1.82, 2.24) is 15.2 Å². The Kier molecular flexibility index (Phi) is 12.3. The molecule has 326 valence electrons. The minimum Gasteiger partial charge on any atom is -0.452 e. The van der Waals surface area contributed by atoms with Gasteiger partial charge in [-0.15, -0.1) is 23.1 Å². The van der Waals surface area contributed by atoms with E-state index in [1.165, 1.54) is 41.2 Å². The first kappa shape index (κ1) is 42.8. The number of aromatic nitrogens is 1. The number of thiazole rings is 1. The van der Waals surface area contributed by atoms with Crippen molar-refractivity contribution in [2.45, 2.75) is 36.3 Å². The quantitative estimate of drug-likeness (QED) is 0.0343. The minimum atomic E-state index is -1.12. The lowest BCUT2D eigenvalue weighted by Crippen LogP contribution is -2.71. The third-order valence-corrected chi connectivity index (χ3v) is 13.1. The van der Waals surface area contributed by atoms with Gasteiger partial charge in [0.05, 0.1) is 5.75 Å². The van der Waals surface area contributed by atoms with E-state index in [0.717, 1.165) is 16.7 Å². The summed E-state index contributed by atoms with van der Waals surface area (Å²) in [5.74, 6) is -2.54. The van der Waals surface area contributed by atoms with Gasteiger partial charge in [-0.2, -0.15) is 0 Å². The van der Waals surface area contributed by atoms with Gasteiger partial charge in [-0.25, -0.2) is 14.6 Å². The minimum absolute atomic E-state index is 0.0830. The molecule has 9 rings (SSSR count). The molecule has 4 heterocycles. The normalized spacial score (nSPS) is 18.3. The van der Waals surface area contributed by atoms with Gasteiger partial charge < -0.3 is 29.7 Å². The monoisotopic (exact) mass is 903 g/mol. The van der Waals surface area contributed by atoms with E-state index in [1.807, 2.05) is 115 Å². The molecule has 1 unspecified atom stereocenters. The molecule has 2 amide bonds. The van der Waals surface area contributed by atoms with Crippen molar-refractivity contribution >= 4 is 57.7 Å². The number of nitrogens with one attached hydrogen (secondary N) is 2. The van der Waals surface area contributed by atoms with Crippen LogP contribution in [0.4, 0.5) is 5.13 Å². The fourth-order valence-corrected chi connectivity index (χ4v) is 10.0. The van der Waals surface area contributed by atoms with E-state index in [2.05, 4.69) is 52.2 Å². The molecule has 0 bridgehead atoms. The Hall–Kier alpha value is -7.49. The lowest BCUT2D eigenvalue weighted by molar-refractivity contribution is -0.158. The number of nitrogens with zero attached hydrogens (tertiary/aromatic N) is 3. The van der Waals surface area contributed by atoms with Crippen LogP contribution in [0.3, 0.4) is 0 Å². The van der Waals surface area contributed by atoms with Gasteiger partial charge in [-0.3, -0.25) is 14.5 Å². The molecule has 6 aromatic rings. The van der Waals surface area contributed by atoms with E-state index in [-0.39, 0.29) is 28.6 Å². The van der Waals surface area contributed by atoms with Crippen molar-refractivity contribution in [3.05, 3.63) is 214 Å². The van der Waals surface area contributed by atoms with Gasteiger partial charge in [-0.1, -0.05) is 157 Å². The first-order valence-corrected chi connectivity index (χ1v) is 22.6. The summed E-state index contributed by atoms with van der Waals surface area (Å²) in [6, 6.07) is 47.5. The number of amides is 2. The molecule has 5 aromatic carbocycles.